The fourth-order valence-electron chi connectivity index (χ4n) is 0.601. The number of aliphatic hydroxyl groups is 2. The highest BCUT2D eigenvalue weighted by molar-refractivity contribution is 4.42. The van der Waals surface area contributed by atoms with Crippen LogP contribution in [0.5, 0.6) is 0 Å². The van der Waals surface area contributed by atoms with Gasteiger partial charge in [0.05, 0.1) is 0 Å². The Kier molecular flexibility index (Phi) is 5.88. The van der Waals surface area contributed by atoms with Gasteiger partial charge in [-0.05, 0) is 12.8 Å². The minimum Gasteiger partial charge on any atom is -0.396 e. The quantitative estimate of drug-likeness (QED) is 0.549. The number of halogens is 1. The van der Waals surface area contributed by atoms with E-state index >= 15 is 0 Å². The molecule has 9 heavy (non-hydrogen) atoms. The third-order valence-corrected chi connectivity index (χ3v) is 1.10. The molecule has 2 N–H and O–H groups in total. The molecule has 0 rings (SSSR count). The molecule has 0 aromatic heterocycles. The summed E-state index contributed by atoms with van der Waals surface area (Å²) in [5, 5.41) is 16.4. The first kappa shape index (κ1) is 8.85. The van der Waals surface area contributed by atoms with Gasteiger partial charge in [0.25, 0.3) is 0 Å². The maximum atomic E-state index is 11.6. The molecule has 1 atom stereocenters. The van der Waals surface area contributed by atoms with Crippen LogP contribution >= 0.6 is 0 Å². The van der Waals surface area contributed by atoms with Crippen molar-refractivity contribution in [2.45, 2.75) is 32.0 Å². The summed E-state index contributed by atoms with van der Waals surface area (Å²) < 4.78 is 11.6. The number of alkyl halides is 1. The van der Waals surface area contributed by atoms with Gasteiger partial charge in [-0.25, -0.2) is 4.39 Å². The Labute approximate surface area is 54.3 Å². The molecule has 0 aliphatic rings. The van der Waals surface area contributed by atoms with Gasteiger partial charge in [0.2, 0.25) is 0 Å². The number of aliphatic hydroxyl groups excluding tert-OH is 2. The third-order valence-electron chi connectivity index (χ3n) is 1.10. The summed E-state index contributed by atoms with van der Waals surface area (Å²) in [6, 6.07) is 0. The van der Waals surface area contributed by atoms with Crippen molar-refractivity contribution >= 4 is 0 Å². The standard InChI is InChI=1S/C6H13FO2/c7-6(9)4-2-1-3-5-8/h6,8-9H,1-5H2. The number of unbranched alkanes of at least 4 members (excludes halogenated alkanes) is 2. The average Bonchev–Trinajstić information content (AvgIpc) is 1.80. The topological polar surface area (TPSA) is 40.5 Å². The van der Waals surface area contributed by atoms with E-state index in [1.807, 2.05) is 0 Å². The van der Waals surface area contributed by atoms with Crippen molar-refractivity contribution in [1.82, 2.24) is 0 Å². The van der Waals surface area contributed by atoms with Crippen LogP contribution in [0, 0.1) is 0 Å². The molecule has 0 saturated heterocycles. The molecule has 0 radical (unpaired) electrons. The van der Waals surface area contributed by atoms with Gasteiger partial charge in [-0.1, -0.05) is 6.42 Å². The normalized spacial score (nSPS) is 13.7. The predicted molar refractivity (Wildman–Crippen MR) is 32.7 cm³/mol. The zero-order chi connectivity index (χ0) is 7.11. The highest BCUT2D eigenvalue weighted by Crippen LogP contribution is 2.02. The van der Waals surface area contributed by atoms with Crippen molar-refractivity contribution in [1.29, 1.82) is 0 Å². The second-order valence-electron chi connectivity index (χ2n) is 2.01. The van der Waals surface area contributed by atoms with Gasteiger partial charge in [0.1, 0.15) is 0 Å². The Morgan fingerprint density at radius 2 is 1.89 bits per heavy atom. The molecular weight excluding hydrogens is 123 g/mol. The lowest BCUT2D eigenvalue weighted by molar-refractivity contribution is 0.0320. The van der Waals surface area contributed by atoms with Crippen molar-refractivity contribution in [3.05, 3.63) is 0 Å². The fraction of sp³-hybridized carbons (Fsp3) is 1.00. The molecule has 0 aromatic rings. The van der Waals surface area contributed by atoms with Gasteiger partial charge >= 0.3 is 0 Å². The molecule has 0 heterocycles. The Hall–Kier alpha value is -0.150. The van der Waals surface area contributed by atoms with E-state index in [4.69, 9.17) is 10.2 Å². The van der Waals surface area contributed by atoms with Gasteiger partial charge in [-0.15, -0.1) is 0 Å². The van der Waals surface area contributed by atoms with E-state index in [9.17, 15) is 4.39 Å². The number of hydrogen-bond donors (Lipinski definition) is 2. The summed E-state index contributed by atoms with van der Waals surface area (Å²) in [5.41, 5.74) is 0. The molecular formula is C6H13FO2. The molecule has 1 unspecified atom stereocenters. The van der Waals surface area contributed by atoms with E-state index in [0.29, 0.717) is 12.8 Å². The van der Waals surface area contributed by atoms with Crippen LogP contribution in [0.3, 0.4) is 0 Å². The molecule has 0 aliphatic carbocycles. The summed E-state index contributed by atoms with van der Waals surface area (Å²) in [7, 11) is 0. The molecule has 0 aliphatic heterocycles. The summed E-state index contributed by atoms with van der Waals surface area (Å²) >= 11 is 0. The lowest BCUT2D eigenvalue weighted by Gasteiger charge is -1.98. The van der Waals surface area contributed by atoms with Gasteiger partial charge in [-0.3, -0.25) is 0 Å². The minimum absolute atomic E-state index is 0.155. The van der Waals surface area contributed by atoms with Crippen LogP contribution in [-0.2, 0) is 0 Å². The van der Waals surface area contributed by atoms with Crippen LogP contribution < -0.4 is 0 Å². The van der Waals surface area contributed by atoms with Crippen molar-refractivity contribution in [3.63, 3.8) is 0 Å². The molecule has 2 nitrogen and oxygen atoms in total. The minimum atomic E-state index is -1.68. The highest BCUT2D eigenvalue weighted by atomic mass is 19.1. The molecule has 56 valence electrons. The van der Waals surface area contributed by atoms with Gasteiger partial charge in [0, 0.05) is 13.0 Å². The molecule has 0 aromatic carbocycles. The van der Waals surface area contributed by atoms with Gasteiger partial charge in [0.15, 0.2) is 6.36 Å². The predicted octanol–water partition coefficient (Wildman–Crippen LogP) is 0.827. The third kappa shape index (κ3) is 7.85. The Bertz CT molecular complexity index is 57.0. The monoisotopic (exact) mass is 136 g/mol. The number of hydrogen-bond acceptors (Lipinski definition) is 2. The maximum Gasteiger partial charge on any atom is 0.196 e. The van der Waals surface area contributed by atoms with E-state index in [1.165, 1.54) is 0 Å². The van der Waals surface area contributed by atoms with Crippen LogP contribution in [0.1, 0.15) is 25.7 Å². The molecule has 0 bridgehead atoms. The molecule has 3 heteroatoms. The molecule has 0 fully saturated rings. The number of rotatable bonds is 5. The zero-order valence-electron chi connectivity index (χ0n) is 5.39. The van der Waals surface area contributed by atoms with E-state index in [0.717, 1.165) is 6.42 Å². The smallest absolute Gasteiger partial charge is 0.196 e. The van der Waals surface area contributed by atoms with Crippen LogP contribution in [-0.4, -0.2) is 23.2 Å². The highest BCUT2D eigenvalue weighted by Gasteiger charge is 1.97. The lowest BCUT2D eigenvalue weighted by atomic mass is 10.2. The van der Waals surface area contributed by atoms with Crippen LogP contribution in [0.15, 0.2) is 0 Å². The maximum absolute atomic E-state index is 11.6. The first-order chi connectivity index (χ1) is 4.27. The Morgan fingerprint density at radius 1 is 1.22 bits per heavy atom. The van der Waals surface area contributed by atoms with Crippen molar-refractivity contribution in [2.75, 3.05) is 6.61 Å². The first-order valence-corrected chi connectivity index (χ1v) is 3.20. The summed E-state index contributed by atoms with van der Waals surface area (Å²) in [4.78, 5) is 0. The average molecular weight is 136 g/mol. The zero-order valence-corrected chi connectivity index (χ0v) is 5.39. The SMILES string of the molecule is OCCCCCC(O)F. The van der Waals surface area contributed by atoms with Crippen LogP contribution in [0.2, 0.25) is 0 Å². The second kappa shape index (κ2) is 5.98. The van der Waals surface area contributed by atoms with Gasteiger partial charge in [-0.2, -0.15) is 0 Å². The van der Waals surface area contributed by atoms with Crippen molar-refractivity contribution in [2.24, 2.45) is 0 Å². The second-order valence-corrected chi connectivity index (χ2v) is 2.01. The summed E-state index contributed by atoms with van der Waals surface area (Å²) in [6.45, 7) is 0.155. The fourth-order valence-corrected chi connectivity index (χ4v) is 0.601. The molecule has 0 amide bonds. The van der Waals surface area contributed by atoms with E-state index in [-0.39, 0.29) is 13.0 Å². The largest absolute Gasteiger partial charge is 0.396 e. The lowest BCUT2D eigenvalue weighted by Crippen LogP contribution is -1.96. The van der Waals surface area contributed by atoms with E-state index in [2.05, 4.69) is 0 Å². The molecule has 0 saturated carbocycles. The van der Waals surface area contributed by atoms with Crippen LogP contribution in [0.25, 0.3) is 0 Å². The van der Waals surface area contributed by atoms with Crippen LogP contribution in [0.4, 0.5) is 4.39 Å². The van der Waals surface area contributed by atoms with Gasteiger partial charge < -0.3 is 10.2 Å². The van der Waals surface area contributed by atoms with E-state index < -0.39 is 6.36 Å². The first-order valence-electron chi connectivity index (χ1n) is 3.20. The molecule has 0 spiro atoms. The summed E-state index contributed by atoms with van der Waals surface area (Å²) in [5.74, 6) is 0. The van der Waals surface area contributed by atoms with E-state index in [1.54, 1.807) is 0 Å². The van der Waals surface area contributed by atoms with Crippen molar-refractivity contribution < 1.29 is 14.6 Å². The summed E-state index contributed by atoms with van der Waals surface area (Å²) in [6.07, 6.45) is 0.659. The van der Waals surface area contributed by atoms with Crippen molar-refractivity contribution in [3.8, 4) is 0 Å². The Balaban J connectivity index is 2.75. The Morgan fingerprint density at radius 3 is 2.33 bits per heavy atom.